The number of rotatable bonds is 6. The molecule has 164 valence electrons. The van der Waals surface area contributed by atoms with Gasteiger partial charge < -0.3 is 19.5 Å². The highest BCUT2D eigenvalue weighted by Crippen LogP contribution is 2.35. The van der Waals surface area contributed by atoms with Crippen LogP contribution in [-0.4, -0.2) is 24.0 Å². The molecule has 0 atom stereocenters. The minimum Gasteiger partial charge on any atom is -0.483 e. The fourth-order valence-electron chi connectivity index (χ4n) is 4.51. The van der Waals surface area contributed by atoms with Crippen molar-refractivity contribution in [2.75, 3.05) is 13.2 Å². The van der Waals surface area contributed by atoms with Gasteiger partial charge in [-0.3, -0.25) is 4.79 Å². The smallest absolute Gasteiger partial charge is 0.339 e. The van der Waals surface area contributed by atoms with Crippen LogP contribution in [0.25, 0.3) is 21.9 Å². The number of amides is 1. The fourth-order valence-corrected chi connectivity index (χ4v) is 4.51. The Morgan fingerprint density at radius 2 is 2.06 bits per heavy atom. The van der Waals surface area contributed by atoms with E-state index in [-0.39, 0.29) is 24.0 Å². The van der Waals surface area contributed by atoms with E-state index in [2.05, 4.69) is 10.3 Å². The van der Waals surface area contributed by atoms with E-state index in [0.29, 0.717) is 36.3 Å². The first-order valence-electron chi connectivity index (χ1n) is 10.7. The Morgan fingerprint density at radius 1 is 1.22 bits per heavy atom. The molecule has 1 aliphatic rings. The molecule has 4 aromatic rings. The number of hydrogen-bond donors (Lipinski definition) is 2. The zero-order chi connectivity index (χ0) is 22.2. The van der Waals surface area contributed by atoms with Crippen LogP contribution in [0.3, 0.4) is 0 Å². The first-order valence-corrected chi connectivity index (χ1v) is 10.7. The highest BCUT2D eigenvalue weighted by molar-refractivity contribution is 5.89. The maximum absolute atomic E-state index is 13.5. The second kappa shape index (κ2) is 8.15. The average Bonchev–Trinajstić information content (AvgIpc) is 3.39. The van der Waals surface area contributed by atoms with Crippen LogP contribution in [-0.2, 0) is 24.1 Å². The van der Waals surface area contributed by atoms with Crippen LogP contribution >= 0.6 is 0 Å². The van der Waals surface area contributed by atoms with Crippen LogP contribution < -0.4 is 15.7 Å². The Hall–Kier alpha value is -3.61. The van der Waals surface area contributed by atoms with Crippen LogP contribution in [0, 0.1) is 12.7 Å². The molecule has 7 heteroatoms. The predicted molar refractivity (Wildman–Crippen MR) is 120 cm³/mol. The largest absolute Gasteiger partial charge is 0.483 e. The number of carbonyl (C=O) groups excluding carboxylic acids is 1. The minimum absolute atomic E-state index is 0.144. The van der Waals surface area contributed by atoms with Crippen molar-refractivity contribution in [3.8, 4) is 5.75 Å². The molecule has 0 aliphatic heterocycles. The van der Waals surface area contributed by atoms with E-state index in [9.17, 15) is 14.0 Å². The summed E-state index contributed by atoms with van der Waals surface area (Å²) >= 11 is 0. The number of hydrogen-bond acceptors (Lipinski definition) is 4. The second-order valence-corrected chi connectivity index (χ2v) is 8.23. The van der Waals surface area contributed by atoms with Crippen molar-refractivity contribution in [2.45, 2.75) is 32.6 Å². The molecule has 0 saturated carbocycles. The van der Waals surface area contributed by atoms with Gasteiger partial charge in [0.05, 0.1) is 5.39 Å². The predicted octanol–water partition coefficient (Wildman–Crippen LogP) is 3.95. The molecule has 6 nitrogen and oxygen atoms in total. The van der Waals surface area contributed by atoms with E-state index in [1.54, 1.807) is 6.07 Å². The number of aryl methyl sites for hydroxylation is 2. The van der Waals surface area contributed by atoms with E-state index in [1.165, 1.54) is 12.1 Å². The van der Waals surface area contributed by atoms with E-state index in [1.807, 2.05) is 25.3 Å². The van der Waals surface area contributed by atoms with Gasteiger partial charge in [0.15, 0.2) is 6.61 Å². The molecule has 5 rings (SSSR count). The van der Waals surface area contributed by atoms with Crippen molar-refractivity contribution >= 4 is 27.8 Å². The third kappa shape index (κ3) is 3.75. The first kappa shape index (κ1) is 20.3. The van der Waals surface area contributed by atoms with Gasteiger partial charge in [-0.15, -0.1) is 0 Å². The van der Waals surface area contributed by atoms with E-state index < -0.39 is 0 Å². The Balaban J connectivity index is 1.26. The van der Waals surface area contributed by atoms with Gasteiger partial charge in [0.2, 0.25) is 0 Å². The van der Waals surface area contributed by atoms with Crippen LogP contribution in [0.1, 0.15) is 28.7 Å². The topological polar surface area (TPSA) is 84.3 Å². The molecule has 0 unspecified atom stereocenters. The molecule has 1 aliphatic carbocycles. The molecule has 2 N–H and O–H groups in total. The number of ether oxygens (including phenoxy) is 1. The highest BCUT2D eigenvalue weighted by atomic mass is 19.1. The summed E-state index contributed by atoms with van der Waals surface area (Å²) in [5.74, 6) is 0.0207. The molecule has 0 radical (unpaired) electrons. The van der Waals surface area contributed by atoms with Crippen molar-refractivity contribution < 1.29 is 18.3 Å². The van der Waals surface area contributed by atoms with Crippen molar-refractivity contribution in [3.05, 3.63) is 75.0 Å². The lowest BCUT2D eigenvalue weighted by atomic mass is 10.0. The van der Waals surface area contributed by atoms with E-state index >= 15 is 0 Å². The van der Waals surface area contributed by atoms with Crippen LogP contribution in [0.5, 0.6) is 5.75 Å². The summed E-state index contributed by atoms with van der Waals surface area (Å²) in [6.45, 7) is 2.16. The number of aromatic nitrogens is 1. The number of fused-ring (bicyclic) bond motifs is 4. The summed E-state index contributed by atoms with van der Waals surface area (Å²) in [7, 11) is 0. The standard InChI is InChI=1S/C25H23FN2O4/c1-14-9-21(24-17-3-2-4-18(17)25(30)32-22(24)10-14)31-13-23(29)27-8-7-15-12-28-20-6-5-16(26)11-19(15)20/h5-6,9-12,28H,2-4,7-8,13H2,1H3,(H,27,29). The summed E-state index contributed by atoms with van der Waals surface area (Å²) in [6, 6.07) is 8.30. The van der Waals surface area contributed by atoms with Gasteiger partial charge in [-0.05, 0) is 79.6 Å². The van der Waals surface area contributed by atoms with Gasteiger partial charge in [-0.1, -0.05) is 0 Å². The number of aromatic amines is 1. The first-order chi connectivity index (χ1) is 15.5. The monoisotopic (exact) mass is 434 g/mol. The average molecular weight is 434 g/mol. The molecular weight excluding hydrogens is 411 g/mol. The molecule has 2 aromatic carbocycles. The van der Waals surface area contributed by atoms with Gasteiger partial charge in [0.1, 0.15) is 17.1 Å². The van der Waals surface area contributed by atoms with Crippen LogP contribution in [0.2, 0.25) is 0 Å². The molecule has 2 aromatic heterocycles. The molecule has 2 heterocycles. The van der Waals surface area contributed by atoms with Gasteiger partial charge in [-0.2, -0.15) is 0 Å². The van der Waals surface area contributed by atoms with Crippen LogP contribution in [0.15, 0.2) is 45.7 Å². The number of nitrogens with one attached hydrogen (secondary N) is 2. The SMILES string of the molecule is Cc1cc(OCC(=O)NCCc2c[nH]c3ccc(F)cc23)c2c3c(c(=O)oc2c1)CCC3. The minimum atomic E-state index is -0.288. The summed E-state index contributed by atoms with van der Waals surface area (Å²) in [5, 5.41) is 4.45. The Bertz CT molecular complexity index is 1400. The molecule has 0 fully saturated rings. The highest BCUT2D eigenvalue weighted by Gasteiger charge is 2.22. The lowest BCUT2D eigenvalue weighted by Gasteiger charge is -2.13. The van der Waals surface area contributed by atoms with Gasteiger partial charge in [0, 0.05) is 29.2 Å². The third-order valence-corrected chi connectivity index (χ3v) is 5.98. The van der Waals surface area contributed by atoms with Gasteiger partial charge in [0.25, 0.3) is 5.91 Å². The van der Waals surface area contributed by atoms with Crippen molar-refractivity contribution in [2.24, 2.45) is 0 Å². The molecular formula is C25H23FN2O4. The molecule has 1 amide bonds. The van der Waals surface area contributed by atoms with E-state index in [0.717, 1.165) is 45.8 Å². The Labute approximate surface area is 183 Å². The maximum Gasteiger partial charge on any atom is 0.339 e. The van der Waals surface area contributed by atoms with Crippen molar-refractivity contribution in [1.82, 2.24) is 10.3 Å². The van der Waals surface area contributed by atoms with Crippen molar-refractivity contribution in [3.63, 3.8) is 0 Å². The molecule has 0 saturated heterocycles. The number of carbonyl (C=O) groups is 1. The summed E-state index contributed by atoms with van der Waals surface area (Å²) < 4.78 is 24.9. The second-order valence-electron chi connectivity index (χ2n) is 8.23. The molecule has 0 spiro atoms. The fraction of sp³-hybridized carbons (Fsp3) is 0.280. The maximum atomic E-state index is 13.5. The summed E-state index contributed by atoms with van der Waals surface area (Å²) in [4.78, 5) is 27.7. The van der Waals surface area contributed by atoms with Crippen LogP contribution in [0.4, 0.5) is 4.39 Å². The van der Waals surface area contributed by atoms with Gasteiger partial charge >= 0.3 is 5.63 Å². The van der Waals surface area contributed by atoms with Gasteiger partial charge in [-0.25, -0.2) is 9.18 Å². The molecule has 32 heavy (non-hydrogen) atoms. The Morgan fingerprint density at radius 3 is 2.94 bits per heavy atom. The Kier molecular flexibility index (Phi) is 5.17. The summed E-state index contributed by atoms with van der Waals surface area (Å²) in [5.41, 5.74) is 4.59. The normalized spacial score (nSPS) is 12.9. The zero-order valence-electron chi connectivity index (χ0n) is 17.7. The zero-order valence-corrected chi connectivity index (χ0v) is 17.7. The quantitative estimate of drug-likeness (QED) is 0.450. The number of halogens is 1. The lowest BCUT2D eigenvalue weighted by Crippen LogP contribution is -2.30. The van der Waals surface area contributed by atoms with E-state index in [4.69, 9.17) is 9.15 Å². The third-order valence-electron chi connectivity index (χ3n) is 5.98. The lowest BCUT2D eigenvalue weighted by molar-refractivity contribution is -0.123. The number of H-pyrrole nitrogens is 1. The summed E-state index contributed by atoms with van der Waals surface area (Å²) in [6.07, 6.45) is 4.82. The van der Waals surface area contributed by atoms with Crippen molar-refractivity contribution in [1.29, 1.82) is 0 Å². The molecule has 0 bridgehead atoms. The number of benzene rings is 2.